The molecule has 3 aromatic carbocycles. The second-order valence-corrected chi connectivity index (χ2v) is 6.65. The number of methoxy groups -OCH3 is 1. The molecule has 0 aliphatic carbocycles. The van der Waals surface area contributed by atoms with Crippen molar-refractivity contribution < 1.29 is 19.0 Å². The van der Waals surface area contributed by atoms with Crippen LogP contribution in [0.3, 0.4) is 0 Å². The van der Waals surface area contributed by atoms with Gasteiger partial charge >= 0.3 is 5.97 Å². The predicted molar refractivity (Wildman–Crippen MR) is 114 cm³/mol. The number of hydrogen-bond donors (Lipinski definition) is 0. The van der Waals surface area contributed by atoms with E-state index in [9.17, 15) is 4.79 Å². The third kappa shape index (κ3) is 5.48. The van der Waals surface area contributed by atoms with Gasteiger partial charge in [0.1, 0.15) is 12.4 Å². The summed E-state index contributed by atoms with van der Waals surface area (Å²) in [5.41, 5.74) is 4.02. The Balaban J connectivity index is 1.66. The predicted octanol–water partition coefficient (Wildman–Crippen LogP) is 5.51. The van der Waals surface area contributed by atoms with Gasteiger partial charge in [-0.05, 0) is 60.4 Å². The Bertz CT molecular complexity index is 1020. The van der Waals surface area contributed by atoms with Crippen LogP contribution in [-0.4, -0.2) is 13.1 Å². The lowest BCUT2D eigenvalue weighted by atomic mass is 10.1. The Morgan fingerprint density at radius 3 is 2.31 bits per heavy atom. The molecular weight excluding hydrogens is 364 g/mol. The second-order valence-electron chi connectivity index (χ2n) is 6.65. The molecule has 0 atom stereocenters. The molecule has 0 aliphatic heterocycles. The number of hydrogen-bond acceptors (Lipinski definition) is 4. The molecule has 0 aliphatic rings. The van der Waals surface area contributed by atoms with E-state index in [4.69, 9.17) is 14.2 Å². The first-order valence-electron chi connectivity index (χ1n) is 9.37. The molecule has 0 spiro atoms. The fourth-order valence-electron chi connectivity index (χ4n) is 2.81. The van der Waals surface area contributed by atoms with Gasteiger partial charge in [-0.15, -0.1) is 0 Å². The fourth-order valence-corrected chi connectivity index (χ4v) is 2.81. The average Bonchev–Trinajstić information content (AvgIpc) is 2.73. The van der Waals surface area contributed by atoms with Crippen molar-refractivity contribution in [3.8, 4) is 17.2 Å². The first kappa shape index (κ1) is 20.2. The van der Waals surface area contributed by atoms with Crippen molar-refractivity contribution in [3.63, 3.8) is 0 Å². The van der Waals surface area contributed by atoms with Crippen molar-refractivity contribution in [3.05, 3.63) is 95.1 Å². The molecule has 0 fully saturated rings. The summed E-state index contributed by atoms with van der Waals surface area (Å²) in [6, 6.07) is 21.0. The fraction of sp³-hybridized carbons (Fsp3) is 0.160. The normalized spacial score (nSPS) is 10.7. The Morgan fingerprint density at radius 2 is 1.59 bits per heavy atom. The van der Waals surface area contributed by atoms with E-state index in [1.165, 1.54) is 11.6 Å². The van der Waals surface area contributed by atoms with Crippen molar-refractivity contribution >= 4 is 12.0 Å². The van der Waals surface area contributed by atoms with Gasteiger partial charge in [0.05, 0.1) is 7.11 Å². The highest BCUT2D eigenvalue weighted by atomic mass is 16.5. The number of ether oxygens (including phenoxy) is 3. The van der Waals surface area contributed by atoms with Crippen LogP contribution in [0.2, 0.25) is 0 Å². The third-order valence-corrected chi connectivity index (χ3v) is 4.55. The summed E-state index contributed by atoms with van der Waals surface area (Å²) in [6.07, 6.45) is 3.09. The summed E-state index contributed by atoms with van der Waals surface area (Å²) in [5, 5.41) is 0. The SMILES string of the molecule is COc1cc(/C=C/C(=O)Oc2ccccc2C)ccc1OCc1ccccc1C. The van der Waals surface area contributed by atoms with Crippen LogP contribution in [0.1, 0.15) is 22.3 Å². The van der Waals surface area contributed by atoms with Crippen LogP contribution in [0.4, 0.5) is 0 Å². The van der Waals surface area contributed by atoms with Gasteiger partial charge in [0, 0.05) is 6.08 Å². The van der Waals surface area contributed by atoms with Crippen LogP contribution < -0.4 is 14.2 Å². The first-order valence-corrected chi connectivity index (χ1v) is 9.37. The zero-order valence-corrected chi connectivity index (χ0v) is 16.8. The molecule has 0 unspecified atom stereocenters. The van der Waals surface area contributed by atoms with Crippen molar-refractivity contribution in [2.24, 2.45) is 0 Å². The van der Waals surface area contributed by atoms with E-state index in [0.717, 1.165) is 16.7 Å². The van der Waals surface area contributed by atoms with Gasteiger partial charge in [-0.3, -0.25) is 0 Å². The van der Waals surface area contributed by atoms with E-state index in [1.54, 1.807) is 19.3 Å². The molecule has 4 nitrogen and oxygen atoms in total. The van der Waals surface area contributed by atoms with Crippen LogP contribution in [0, 0.1) is 13.8 Å². The number of esters is 1. The van der Waals surface area contributed by atoms with Gasteiger partial charge in [0.25, 0.3) is 0 Å². The van der Waals surface area contributed by atoms with E-state index in [1.807, 2.05) is 61.5 Å². The van der Waals surface area contributed by atoms with E-state index in [-0.39, 0.29) is 0 Å². The van der Waals surface area contributed by atoms with E-state index < -0.39 is 5.97 Å². The summed E-state index contributed by atoms with van der Waals surface area (Å²) in [7, 11) is 1.59. The number of rotatable bonds is 7. The van der Waals surface area contributed by atoms with E-state index in [0.29, 0.717) is 23.9 Å². The molecule has 0 saturated carbocycles. The molecule has 0 amide bonds. The number of carbonyl (C=O) groups excluding carboxylic acids is 1. The van der Waals surface area contributed by atoms with Crippen molar-refractivity contribution in [1.82, 2.24) is 0 Å². The van der Waals surface area contributed by atoms with Crippen LogP contribution in [-0.2, 0) is 11.4 Å². The minimum Gasteiger partial charge on any atom is -0.493 e. The Kier molecular flexibility index (Phi) is 6.69. The Labute approximate surface area is 171 Å². The maximum absolute atomic E-state index is 12.1. The standard InChI is InChI=1S/C25H24O4/c1-18-8-4-6-10-21(18)17-28-23-14-12-20(16-24(23)27-3)13-15-25(26)29-22-11-7-5-9-19(22)2/h4-16H,17H2,1-3H3/b15-13+. The quantitative estimate of drug-likeness (QED) is 0.304. The van der Waals surface area contributed by atoms with Crippen molar-refractivity contribution in [2.75, 3.05) is 7.11 Å². The Morgan fingerprint density at radius 1 is 0.862 bits per heavy atom. The van der Waals surface area contributed by atoms with Gasteiger partial charge < -0.3 is 14.2 Å². The smallest absolute Gasteiger partial charge is 0.336 e. The van der Waals surface area contributed by atoms with Gasteiger partial charge in [0.2, 0.25) is 0 Å². The van der Waals surface area contributed by atoms with Gasteiger partial charge in [-0.1, -0.05) is 48.5 Å². The van der Waals surface area contributed by atoms with E-state index >= 15 is 0 Å². The molecule has 0 saturated heterocycles. The largest absolute Gasteiger partial charge is 0.493 e. The second kappa shape index (κ2) is 9.60. The molecular formula is C25H24O4. The molecule has 3 aromatic rings. The zero-order chi connectivity index (χ0) is 20.6. The molecule has 0 radical (unpaired) electrons. The molecule has 0 heterocycles. The zero-order valence-electron chi connectivity index (χ0n) is 16.8. The van der Waals surface area contributed by atoms with Crippen LogP contribution in [0.5, 0.6) is 17.2 Å². The highest BCUT2D eigenvalue weighted by molar-refractivity contribution is 5.89. The molecule has 29 heavy (non-hydrogen) atoms. The van der Waals surface area contributed by atoms with Gasteiger partial charge in [-0.2, -0.15) is 0 Å². The highest BCUT2D eigenvalue weighted by Gasteiger charge is 2.07. The number of benzene rings is 3. The summed E-state index contributed by atoms with van der Waals surface area (Å²) >= 11 is 0. The molecule has 0 aromatic heterocycles. The van der Waals surface area contributed by atoms with Crippen molar-refractivity contribution in [1.29, 1.82) is 0 Å². The number of carbonyl (C=O) groups is 1. The van der Waals surface area contributed by atoms with Gasteiger partial charge in [-0.25, -0.2) is 4.79 Å². The molecule has 4 heteroatoms. The minimum absolute atomic E-state index is 0.432. The van der Waals surface area contributed by atoms with Crippen molar-refractivity contribution in [2.45, 2.75) is 20.5 Å². The van der Waals surface area contributed by atoms with Crippen LogP contribution in [0.25, 0.3) is 6.08 Å². The Hall–Kier alpha value is -3.53. The first-order chi connectivity index (χ1) is 14.1. The minimum atomic E-state index is -0.432. The number of aryl methyl sites for hydroxylation is 2. The summed E-state index contributed by atoms with van der Waals surface area (Å²) in [6.45, 7) is 4.41. The number of para-hydroxylation sites is 1. The molecule has 3 rings (SSSR count). The lowest BCUT2D eigenvalue weighted by Crippen LogP contribution is -2.04. The molecule has 0 bridgehead atoms. The summed E-state index contributed by atoms with van der Waals surface area (Å²) in [4.78, 5) is 12.1. The summed E-state index contributed by atoms with van der Waals surface area (Å²) < 4.78 is 16.7. The van der Waals surface area contributed by atoms with E-state index in [2.05, 4.69) is 13.0 Å². The highest BCUT2D eigenvalue weighted by Crippen LogP contribution is 2.29. The van der Waals surface area contributed by atoms with Crippen LogP contribution in [0.15, 0.2) is 72.8 Å². The third-order valence-electron chi connectivity index (χ3n) is 4.55. The van der Waals surface area contributed by atoms with Gasteiger partial charge in [0.15, 0.2) is 11.5 Å². The lowest BCUT2D eigenvalue weighted by molar-refractivity contribution is -0.128. The maximum Gasteiger partial charge on any atom is 0.336 e. The lowest BCUT2D eigenvalue weighted by Gasteiger charge is -2.12. The average molecular weight is 388 g/mol. The molecule has 0 N–H and O–H groups in total. The monoisotopic (exact) mass is 388 g/mol. The van der Waals surface area contributed by atoms with Crippen LogP contribution >= 0.6 is 0 Å². The summed E-state index contributed by atoms with van der Waals surface area (Å²) in [5.74, 6) is 1.38. The molecule has 148 valence electrons. The topological polar surface area (TPSA) is 44.8 Å². The maximum atomic E-state index is 12.1.